The zero-order valence-corrected chi connectivity index (χ0v) is 12.6. The molecule has 5 heteroatoms. The van der Waals surface area contributed by atoms with E-state index >= 15 is 0 Å². The second kappa shape index (κ2) is 5.83. The molecule has 0 amide bonds. The molecule has 4 nitrogen and oxygen atoms in total. The average Bonchev–Trinajstić information content (AvgIpc) is 2.28. The lowest BCUT2D eigenvalue weighted by molar-refractivity contribution is 0.0873. The van der Waals surface area contributed by atoms with Crippen molar-refractivity contribution in [2.75, 3.05) is 14.2 Å². The summed E-state index contributed by atoms with van der Waals surface area (Å²) in [6.45, 7) is 6.01. The molecule has 0 aromatic carbocycles. The Labute approximate surface area is 105 Å². The zero-order chi connectivity index (χ0) is 13.1. The standard InChI is InChI=1S/C12H26NO3P/c1-12(2,3)13(4)17(14,15-5)16-11-9-7-6-8-10-11/h11H,6-10H2,1-5H3. The molecule has 0 radical (unpaired) electrons. The van der Waals surface area contributed by atoms with Gasteiger partial charge in [0.2, 0.25) is 0 Å². The Kier molecular flexibility index (Phi) is 5.21. The van der Waals surface area contributed by atoms with Crippen LogP contribution in [-0.2, 0) is 13.6 Å². The highest BCUT2D eigenvalue weighted by atomic mass is 31.2. The van der Waals surface area contributed by atoms with Crippen LogP contribution >= 0.6 is 7.75 Å². The molecule has 0 saturated heterocycles. The fourth-order valence-corrected chi connectivity index (χ4v) is 3.76. The Morgan fingerprint density at radius 3 is 2.12 bits per heavy atom. The lowest BCUT2D eigenvalue weighted by atomic mass is 9.98. The quantitative estimate of drug-likeness (QED) is 0.723. The molecule has 0 aromatic rings. The van der Waals surface area contributed by atoms with Crippen molar-refractivity contribution in [1.82, 2.24) is 4.67 Å². The molecule has 1 unspecified atom stereocenters. The molecule has 1 fully saturated rings. The van der Waals surface area contributed by atoms with E-state index in [0.29, 0.717) is 0 Å². The Morgan fingerprint density at radius 2 is 1.71 bits per heavy atom. The summed E-state index contributed by atoms with van der Waals surface area (Å²) in [5.41, 5.74) is -0.236. The second-order valence-electron chi connectivity index (χ2n) is 5.71. The van der Waals surface area contributed by atoms with Crippen molar-refractivity contribution in [2.45, 2.75) is 64.5 Å². The van der Waals surface area contributed by atoms with Crippen LogP contribution < -0.4 is 0 Å². The monoisotopic (exact) mass is 263 g/mol. The van der Waals surface area contributed by atoms with Gasteiger partial charge in [-0.15, -0.1) is 0 Å². The molecule has 1 saturated carbocycles. The molecule has 1 aliphatic rings. The van der Waals surface area contributed by atoms with Crippen molar-refractivity contribution < 1.29 is 13.6 Å². The van der Waals surface area contributed by atoms with Crippen molar-refractivity contribution >= 4 is 7.75 Å². The number of hydrogen-bond acceptors (Lipinski definition) is 3. The maximum absolute atomic E-state index is 12.7. The van der Waals surface area contributed by atoms with E-state index in [1.54, 1.807) is 11.7 Å². The van der Waals surface area contributed by atoms with E-state index in [4.69, 9.17) is 9.05 Å². The van der Waals surface area contributed by atoms with Crippen LogP contribution in [0.15, 0.2) is 0 Å². The van der Waals surface area contributed by atoms with Gasteiger partial charge in [-0.2, -0.15) is 0 Å². The molecule has 0 aliphatic heterocycles. The molecule has 1 aliphatic carbocycles. The van der Waals surface area contributed by atoms with Gasteiger partial charge in [-0.05, 0) is 40.7 Å². The molecule has 1 atom stereocenters. The highest BCUT2D eigenvalue weighted by Crippen LogP contribution is 2.55. The van der Waals surface area contributed by atoms with Gasteiger partial charge in [0, 0.05) is 12.6 Å². The summed E-state index contributed by atoms with van der Waals surface area (Å²) >= 11 is 0. The molecule has 102 valence electrons. The molecule has 1 rings (SSSR count). The highest BCUT2D eigenvalue weighted by Gasteiger charge is 2.39. The summed E-state index contributed by atoms with van der Waals surface area (Å²) in [6.07, 6.45) is 5.64. The Balaban J connectivity index is 2.70. The highest BCUT2D eigenvalue weighted by molar-refractivity contribution is 7.51. The van der Waals surface area contributed by atoms with Crippen molar-refractivity contribution in [1.29, 1.82) is 0 Å². The topological polar surface area (TPSA) is 38.8 Å². The van der Waals surface area contributed by atoms with Gasteiger partial charge in [0.1, 0.15) is 0 Å². The van der Waals surface area contributed by atoms with Crippen LogP contribution in [0.1, 0.15) is 52.9 Å². The number of rotatable bonds is 4. The Hall–Kier alpha value is 0.110. The second-order valence-corrected chi connectivity index (χ2v) is 7.82. The summed E-state index contributed by atoms with van der Waals surface area (Å²) in [6, 6.07) is 0. The maximum Gasteiger partial charge on any atom is 0.408 e. The molecular formula is C12H26NO3P. The van der Waals surface area contributed by atoms with E-state index in [9.17, 15) is 4.57 Å². The summed E-state index contributed by atoms with van der Waals surface area (Å²) in [7, 11) is 0.115. The minimum atomic E-state index is -3.15. The molecule has 0 spiro atoms. The molecule has 0 aromatic heterocycles. The average molecular weight is 263 g/mol. The van der Waals surface area contributed by atoms with Crippen LogP contribution in [0.2, 0.25) is 0 Å². The summed E-state index contributed by atoms with van der Waals surface area (Å²) in [4.78, 5) is 0. The predicted octanol–water partition coefficient (Wildman–Crippen LogP) is 3.82. The predicted molar refractivity (Wildman–Crippen MR) is 70.1 cm³/mol. The normalized spacial score (nSPS) is 22.7. The fraction of sp³-hybridized carbons (Fsp3) is 1.00. The SMILES string of the molecule is COP(=O)(OC1CCCCC1)N(C)C(C)(C)C. The van der Waals surface area contributed by atoms with E-state index in [-0.39, 0.29) is 11.6 Å². The summed E-state index contributed by atoms with van der Waals surface area (Å²) in [5.74, 6) is 0. The van der Waals surface area contributed by atoms with Gasteiger partial charge < -0.3 is 0 Å². The van der Waals surface area contributed by atoms with E-state index in [1.165, 1.54) is 13.5 Å². The van der Waals surface area contributed by atoms with Crippen LogP contribution in [0.25, 0.3) is 0 Å². The third-order valence-corrected chi connectivity index (χ3v) is 5.76. The van der Waals surface area contributed by atoms with Crippen molar-refractivity contribution in [3.05, 3.63) is 0 Å². The van der Waals surface area contributed by atoms with E-state index < -0.39 is 7.75 Å². The van der Waals surface area contributed by atoms with Crippen molar-refractivity contribution in [2.24, 2.45) is 0 Å². The Morgan fingerprint density at radius 1 is 1.18 bits per heavy atom. The van der Waals surface area contributed by atoms with E-state index in [1.807, 2.05) is 20.8 Å². The van der Waals surface area contributed by atoms with Gasteiger partial charge in [0.25, 0.3) is 0 Å². The van der Waals surface area contributed by atoms with Crippen LogP contribution in [0.3, 0.4) is 0 Å². The summed E-state index contributed by atoms with van der Waals surface area (Å²) in [5, 5.41) is 0. The largest absolute Gasteiger partial charge is 0.408 e. The third kappa shape index (κ3) is 4.06. The van der Waals surface area contributed by atoms with Crippen LogP contribution in [0.4, 0.5) is 0 Å². The summed E-state index contributed by atoms with van der Waals surface area (Å²) < 4.78 is 25.4. The van der Waals surface area contributed by atoms with Gasteiger partial charge >= 0.3 is 7.75 Å². The lowest BCUT2D eigenvalue weighted by Crippen LogP contribution is -2.37. The van der Waals surface area contributed by atoms with Crippen LogP contribution in [-0.4, -0.2) is 30.5 Å². The first-order valence-corrected chi connectivity index (χ1v) is 7.87. The van der Waals surface area contributed by atoms with E-state index in [0.717, 1.165) is 25.7 Å². The third-order valence-electron chi connectivity index (χ3n) is 3.40. The van der Waals surface area contributed by atoms with Gasteiger partial charge in [-0.25, -0.2) is 9.24 Å². The molecule has 17 heavy (non-hydrogen) atoms. The Bertz CT molecular complexity index is 282. The molecule has 0 bridgehead atoms. The maximum atomic E-state index is 12.7. The first-order chi connectivity index (χ1) is 7.79. The number of nitrogens with zero attached hydrogens (tertiary/aromatic N) is 1. The number of hydrogen-bond donors (Lipinski definition) is 0. The van der Waals surface area contributed by atoms with Crippen LogP contribution in [0.5, 0.6) is 0 Å². The van der Waals surface area contributed by atoms with Gasteiger partial charge in [-0.3, -0.25) is 9.05 Å². The van der Waals surface area contributed by atoms with Gasteiger partial charge in [0.05, 0.1) is 6.10 Å². The molecule has 0 N–H and O–H groups in total. The zero-order valence-electron chi connectivity index (χ0n) is 11.7. The van der Waals surface area contributed by atoms with Gasteiger partial charge in [-0.1, -0.05) is 19.3 Å². The molecular weight excluding hydrogens is 237 g/mol. The minimum absolute atomic E-state index is 0.0827. The van der Waals surface area contributed by atoms with E-state index in [2.05, 4.69) is 0 Å². The van der Waals surface area contributed by atoms with Gasteiger partial charge in [0.15, 0.2) is 0 Å². The first-order valence-electron chi connectivity index (χ1n) is 6.38. The first kappa shape index (κ1) is 15.2. The minimum Gasteiger partial charge on any atom is -0.300 e. The fourth-order valence-electron chi connectivity index (χ4n) is 1.96. The van der Waals surface area contributed by atoms with Crippen molar-refractivity contribution in [3.8, 4) is 0 Å². The van der Waals surface area contributed by atoms with Crippen LogP contribution in [0, 0.1) is 0 Å². The smallest absolute Gasteiger partial charge is 0.300 e. The lowest BCUT2D eigenvalue weighted by Gasteiger charge is -2.38. The van der Waals surface area contributed by atoms with Crippen molar-refractivity contribution in [3.63, 3.8) is 0 Å². The molecule has 0 heterocycles.